The van der Waals surface area contributed by atoms with Crippen molar-refractivity contribution in [1.29, 1.82) is 0 Å². The molecule has 0 radical (unpaired) electrons. The van der Waals surface area contributed by atoms with Crippen molar-refractivity contribution in [2.75, 3.05) is 19.7 Å². The predicted molar refractivity (Wildman–Crippen MR) is 81.4 cm³/mol. The van der Waals surface area contributed by atoms with Gasteiger partial charge in [0.2, 0.25) is 5.91 Å². The number of hydrogen-bond donors (Lipinski definition) is 1. The minimum atomic E-state index is -0.417. The zero-order chi connectivity index (χ0) is 16.4. The van der Waals surface area contributed by atoms with Gasteiger partial charge in [-0.2, -0.15) is 0 Å². The van der Waals surface area contributed by atoms with Crippen LogP contribution in [0, 0.1) is 23.5 Å². The largest absolute Gasteiger partial charge is 0.377 e. The number of ether oxygens (including phenoxy) is 1. The van der Waals surface area contributed by atoms with Gasteiger partial charge in [-0.15, -0.1) is 0 Å². The van der Waals surface area contributed by atoms with Crippen LogP contribution in [0.3, 0.4) is 0 Å². The molecule has 126 valence electrons. The van der Waals surface area contributed by atoms with Crippen LogP contribution in [0.4, 0.5) is 8.78 Å². The number of nitrogens with two attached hydrogens (primary N) is 1. The van der Waals surface area contributed by atoms with Crippen molar-refractivity contribution in [3.8, 4) is 0 Å². The normalized spacial score (nSPS) is 26.5. The Hall–Kier alpha value is -1.53. The maximum atomic E-state index is 13.7. The molecule has 0 unspecified atom stereocenters. The van der Waals surface area contributed by atoms with Crippen molar-refractivity contribution in [2.24, 2.45) is 17.6 Å². The van der Waals surface area contributed by atoms with Crippen LogP contribution in [-0.2, 0) is 16.1 Å². The first-order chi connectivity index (χ1) is 11.0. The van der Waals surface area contributed by atoms with E-state index in [1.54, 1.807) is 0 Å². The minimum Gasteiger partial charge on any atom is -0.377 e. The number of hydrogen-bond acceptors (Lipinski definition) is 3. The molecule has 4 nitrogen and oxygen atoms in total. The van der Waals surface area contributed by atoms with Crippen molar-refractivity contribution in [2.45, 2.75) is 31.9 Å². The molecule has 3 rings (SSSR count). The van der Waals surface area contributed by atoms with Crippen LogP contribution in [-0.4, -0.2) is 36.6 Å². The van der Waals surface area contributed by atoms with Crippen molar-refractivity contribution in [3.63, 3.8) is 0 Å². The average molecular weight is 324 g/mol. The van der Waals surface area contributed by atoms with Crippen LogP contribution >= 0.6 is 0 Å². The summed E-state index contributed by atoms with van der Waals surface area (Å²) in [6, 6.07) is 3.55. The lowest BCUT2D eigenvalue weighted by molar-refractivity contribution is -0.124. The van der Waals surface area contributed by atoms with Gasteiger partial charge in [-0.25, -0.2) is 8.78 Å². The molecule has 2 aliphatic rings. The second kappa shape index (κ2) is 6.93. The Labute approximate surface area is 134 Å². The van der Waals surface area contributed by atoms with Gasteiger partial charge in [-0.1, -0.05) is 0 Å². The summed E-state index contributed by atoms with van der Waals surface area (Å²) < 4.78 is 32.7. The summed E-state index contributed by atoms with van der Waals surface area (Å²) in [5, 5.41) is 0. The summed E-state index contributed by atoms with van der Waals surface area (Å²) in [7, 11) is 0. The van der Waals surface area contributed by atoms with Crippen LogP contribution < -0.4 is 5.73 Å². The third kappa shape index (κ3) is 3.70. The van der Waals surface area contributed by atoms with Crippen molar-refractivity contribution < 1.29 is 18.3 Å². The highest BCUT2D eigenvalue weighted by Crippen LogP contribution is 2.33. The first-order valence-corrected chi connectivity index (χ1v) is 8.12. The molecule has 2 atom stereocenters. The van der Waals surface area contributed by atoms with E-state index in [2.05, 4.69) is 4.90 Å². The number of benzene rings is 1. The predicted octanol–water partition coefficient (Wildman–Crippen LogP) is 2.07. The number of piperidine rings is 1. The van der Waals surface area contributed by atoms with E-state index in [4.69, 9.17) is 10.5 Å². The number of carbonyl (C=O) groups is 1. The summed E-state index contributed by atoms with van der Waals surface area (Å²) in [6.07, 6.45) is 2.38. The van der Waals surface area contributed by atoms with Crippen LogP contribution in [0.5, 0.6) is 0 Å². The fourth-order valence-corrected chi connectivity index (χ4v) is 3.73. The highest BCUT2D eigenvalue weighted by atomic mass is 19.1. The molecule has 2 heterocycles. The SMILES string of the molecule is NC(=O)[C@H]1CCO[C@@H]1C1CCN(Cc2cc(F)ccc2F)CC1. The number of carbonyl (C=O) groups excluding carboxylic acids is 1. The molecule has 1 aromatic rings. The van der Waals surface area contributed by atoms with E-state index in [0.29, 0.717) is 31.1 Å². The highest BCUT2D eigenvalue weighted by Gasteiger charge is 2.39. The second-order valence-corrected chi connectivity index (χ2v) is 6.48. The first-order valence-electron chi connectivity index (χ1n) is 8.12. The molecule has 1 aromatic carbocycles. The fourth-order valence-electron chi connectivity index (χ4n) is 3.73. The van der Waals surface area contributed by atoms with Crippen LogP contribution in [0.15, 0.2) is 18.2 Å². The number of likely N-dealkylation sites (tertiary alicyclic amines) is 1. The summed E-state index contributed by atoms with van der Waals surface area (Å²) in [4.78, 5) is 13.6. The molecule has 0 spiro atoms. The third-order valence-corrected chi connectivity index (χ3v) is 5.00. The van der Waals surface area contributed by atoms with E-state index in [0.717, 1.165) is 32.0 Å². The van der Waals surface area contributed by atoms with Gasteiger partial charge in [0, 0.05) is 18.7 Å². The number of amides is 1. The third-order valence-electron chi connectivity index (χ3n) is 5.00. The van der Waals surface area contributed by atoms with Gasteiger partial charge in [0.05, 0.1) is 12.0 Å². The molecule has 0 aromatic heterocycles. The average Bonchev–Trinajstić information content (AvgIpc) is 3.01. The van der Waals surface area contributed by atoms with Gasteiger partial charge in [0.25, 0.3) is 0 Å². The van der Waals surface area contributed by atoms with Gasteiger partial charge < -0.3 is 10.5 Å². The van der Waals surface area contributed by atoms with E-state index in [1.807, 2.05) is 0 Å². The Balaban J connectivity index is 1.56. The standard InChI is InChI=1S/C17H22F2N2O2/c18-13-1-2-15(19)12(9-13)10-21-6-3-11(4-7-21)16-14(17(20)22)5-8-23-16/h1-2,9,11,14,16H,3-8,10H2,(H2,20,22)/t14-,16+/m0/s1. The Morgan fingerprint density at radius 2 is 2.00 bits per heavy atom. The van der Waals surface area contributed by atoms with E-state index < -0.39 is 5.82 Å². The maximum absolute atomic E-state index is 13.7. The minimum absolute atomic E-state index is 0.0828. The monoisotopic (exact) mass is 324 g/mol. The van der Waals surface area contributed by atoms with Crippen LogP contribution in [0.2, 0.25) is 0 Å². The molecule has 1 amide bonds. The fraction of sp³-hybridized carbons (Fsp3) is 0.588. The van der Waals surface area contributed by atoms with Gasteiger partial charge in [0.15, 0.2) is 0 Å². The highest BCUT2D eigenvalue weighted by molar-refractivity contribution is 5.77. The number of rotatable bonds is 4. The van der Waals surface area contributed by atoms with Gasteiger partial charge in [-0.3, -0.25) is 9.69 Å². The summed E-state index contributed by atoms with van der Waals surface area (Å²) in [5.41, 5.74) is 5.83. The molecular formula is C17H22F2N2O2. The molecule has 0 bridgehead atoms. The lowest BCUT2D eigenvalue weighted by Crippen LogP contribution is -2.42. The van der Waals surface area contributed by atoms with E-state index >= 15 is 0 Å². The Bertz CT molecular complexity index is 574. The lowest BCUT2D eigenvalue weighted by atomic mass is 9.84. The van der Waals surface area contributed by atoms with Crippen molar-refractivity contribution in [1.82, 2.24) is 4.90 Å². The van der Waals surface area contributed by atoms with Crippen LogP contribution in [0.25, 0.3) is 0 Å². The van der Waals surface area contributed by atoms with E-state index in [9.17, 15) is 13.6 Å². The molecule has 2 saturated heterocycles. The van der Waals surface area contributed by atoms with E-state index in [-0.39, 0.29) is 23.7 Å². The lowest BCUT2D eigenvalue weighted by Gasteiger charge is -2.35. The number of nitrogens with zero attached hydrogens (tertiary/aromatic N) is 1. The Kier molecular flexibility index (Phi) is 4.92. The van der Waals surface area contributed by atoms with Gasteiger partial charge in [-0.05, 0) is 56.5 Å². The molecule has 2 fully saturated rings. The van der Waals surface area contributed by atoms with Crippen LogP contribution in [0.1, 0.15) is 24.8 Å². The zero-order valence-corrected chi connectivity index (χ0v) is 13.0. The smallest absolute Gasteiger partial charge is 0.223 e. The molecule has 0 saturated carbocycles. The molecule has 6 heteroatoms. The van der Waals surface area contributed by atoms with Crippen molar-refractivity contribution in [3.05, 3.63) is 35.4 Å². The van der Waals surface area contributed by atoms with Crippen molar-refractivity contribution >= 4 is 5.91 Å². The topological polar surface area (TPSA) is 55.6 Å². The number of halogens is 2. The summed E-state index contributed by atoms with van der Waals surface area (Å²) in [6.45, 7) is 2.56. The summed E-state index contributed by atoms with van der Waals surface area (Å²) in [5.74, 6) is -0.950. The maximum Gasteiger partial charge on any atom is 0.223 e. The number of primary amides is 1. The molecule has 2 aliphatic heterocycles. The molecule has 2 N–H and O–H groups in total. The Morgan fingerprint density at radius 1 is 1.26 bits per heavy atom. The molecule has 23 heavy (non-hydrogen) atoms. The summed E-state index contributed by atoms with van der Waals surface area (Å²) >= 11 is 0. The Morgan fingerprint density at radius 3 is 2.70 bits per heavy atom. The van der Waals surface area contributed by atoms with Gasteiger partial charge >= 0.3 is 0 Å². The first kappa shape index (κ1) is 16.3. The van der Waals surface area contributed by atoms with E-state index in [1.165, 1.54) is 12.1 Å². The zero-order valence-electron chi connectivity index (χ0n) is 13.0. The molecular weight excluding hydrogens is 302 g/mol. The van der Waals surface area contributed by atoms with Gasteiger partial charge in [0.1, 0.15) is 11.6 Å². The quantitative estimate of drug-likeness (QED) is 0.922. The second-order valence-electron chi connectivity index (χ2n) is 6.48. The molecule has 0 aliphatic carbocycles.